The van der Waals surface area contributed by atoms with Crippen molar-refractivity contribution in [1.29, 1.82) is 0 Å². The first-order chi connectivity index (χ1) is 36.3. The minimum absolute atomic E-state index is 0.0208. The first kappa shape index (κ1) is 46.2. The van der Waals surface area contributed by atoms with Crippen molar-refractivity contribution in [3.8, 4) is 11.1 Å². The van der Waals surface area contributed by atoms with Crippen molar-refractivity contribution >= 4 is 104 Å². The summed E-state index contributed by atoms with van der Waals surface area (Å²) in [4.78, 5) is 6.91. The molecule has 5 heteroatoms. The van der Waals surface area contributed by atoms with Gasteiger partial charge in [0.2, 0.25) is 0 Å². The number of rotatable bonds is 10. The van der Waals surface area contributed by atoms with Gasteiger partial charge in [-0.1, -0.05) is 148 Å². The molecule has 2 heterocycles. The van der Waals surface area contributed by atoms with E-state index < -0.39 is 0 Å². The second-order valence-electron chi connectivity index (χ2n) is 19.4. The molecule has 0 radical (unpaired) electrons. The van der Waals surface area contributed by atoms with Crippen molar-refractivity contribution in [2.24, 2.45) is 0 Å². The number of hydrogen-bond donors (Lipinski definition) is 0. The van der Waals surface area contributed by atoms with Crippen LogP contribution in [0.2, 0.25) is 0 Å². The molecular formula is C69H55N3OS. The molecule has 12 aromatic rings. The molecule has 0 amide bonds. The summed E-state index contributed by atoms with van der Waals surface area (Å²) in [6, 6.07) is 80.3. The average Bonchev–Trinajstić information content (AvgIpc) is 4.08. The Kier molecular flexibility index (Phi) is 12.0. The number of thiophene rings is 1. The maximum absolute atomic E-state index is 6.11. The number of hydrogen-bond acceptors (Lipinski definition) is 5. The van der Waals surface area contributed by atoms with Gasteiger partial charge in [0, 0.05) is 88.9 Å². The van der Waals surface area contributed by atoms with E-state index in [1.165, 1.54) is 64.6 Å². The molecule has 74 heavy (non-hydrogen) atoms. The Morgan fingerprint density at radius 2 is 1.03 bits per heavy atom. The van der Waals surface area contributed by atoms with Crippen LogP contribution in [0.4, 0.5) is 39.8 Å². The van der Waals surface area contributed by atoms with E-state index in [0.29, 0.717) is 0 Å². The molecule has 1 aliphatic carbocycles. The highest BCUT2D eigenvalue weighted by molar-refractivity contribution is 7.25. The fourth-order valence-electron chi connectivity index (χ4n) is 10.9. The van der Waals surface area contributed by atoms with Crippen LogP contribution in [0.15, 0.2) is 265 Å². The Balaban J connectivity index is 0.000000150. The Hall–Kier alpha value is -8.90. The quantitative estimate of drug-likeness (QED) is 0.127. The summed E-state index contributed by atoms with van der Waals surface area (Å²) in [6.45, 7) is 10.7. The van der Waals surface area contributed by atoms with E-state index in [-0.39, 0.29) is 5.41 Å². The van der Waals surface area contributed by atoms with Crippen LogP contribution in [-0.4, -0.2) is 7.05 Å². The van der Waals surface area contributed by atoms with Crippen LogP contribution in [0, 0.1) is 0 Å². The Morgan fingerprint density at radius 1 is 0.473 bits per heavy atom. The SMILES string of the molecule is C=C/C=C(\C=C/C)N(c1ccc2c(c1)-c1ccccc1C2(C)C)c1ccc2oc3ccccc3c2c1.CN(c1ccc2ccccc2c1)c1ccc2sc3ccc(N(c4ccccc4)c4ccccc4)cc3c2c1. The Morgan fingerprint density at radius 3 is 1.77 bits per heavy atom. The van der Waals surface area contributed by atoms with Crippen LogP contribution >= 0.6 is 11.3 Å². The molecule has 0 saturated carbocycles. The van der Waals surface area contributed by atoms with Gasteiger partial charge in [0.25, 0.3) is 0 Å². The van der Waals surface area contributed by atoms with E-state index in [4.69, 9.17) is 4.42 Å². The van der Waals surface area contributed by atoms with Crippen LogP contribution in [0.25, 0.3) is 64.0 Å². The summed E-state index contributed by atoms with van der Waals surface area (Å²) >= 11 is 1.85. The number of nitrogens with zero attached hydrogens (tertiary/aromatic N) is 3. The maximum Gasteiger partial charge on any atom is 0.135 e. The number of para-hydroxylation sites is 3. The second kappa shape index (κ2) is 19.3. The van der Waals surface area contributed by atoms with Crippen molar-refractivity contribution in [2.45, 2.75) is 26.2 Å². The average molecular weight is 974 g/mol. The molecule has 4 nitrogen and oxygen atoms in total. The van der Waals surface area contributed by atoms with Crippen molar-refractivity contribution < 1.29 is 4.42 Å². The van der Waals surface area contributed by atoms with Gasteiger partial charge in [-0.2, -0.15) is 0 Å². The van der Waals surface area contributed by atoms with Gasteiger partial charge in [-0.25, -0.2) is 0 Å². The number of fused-ring (bicyclic) bond motifs is 10. The van der Waals surface area contributed by atoms with E-state index in [9.17, 15) is 0 Å². The summed E-state index contributed by atoms with van der Waals surface area (Å²) < 4.78 is 8.71. The molecular weight excluding hydrogens is 919 g/mol. The van der Waals surface area contributed by atoms with Gasteiger partial charge in [-0.05, 0) is 161 Å². The molecule has 0 N–H and O–H groups in total. The lowest BCUT2D eigenvalue weighted by Crippen LogP contribution is -2.17. The van der Waals surface area contributed by atoms with Crippen LogP contribution in [0.5, 0.6) is 0 Å². The molecule has 0 atom stereocenters. The zero-order valence-electron chi connectivity index (χ0n) is 42.0. The van der Waals surface area contributed by atoms with Gasteiger partial charge >= 0.3 is 0 Å². The molecule has 0 bridgehead atoms. The number of furan rings is 1. The normalized spacial score (nSPS) is 12.8. The van der Waals surface area contributed by atoms with E-state index >= 15 is 0 Å². The van der Waals surface area contributed by atoms with Gasteiger partial charge < -0.3 is 19.1 Å². The Bertz CT molecular complexity index is 4080. The lowest BCUT2D eigenvalue weighted by Gasteiger charge is -2.28. The van der Waals surface area contributed by atoms with E-state index in [1.807, 2.05) is 36.5 Å². The molecule has 10 aromatic carbocycles. The highest BCUT2D eigenvalue weighted by Crippen LogP contribution is 2.51. The first-order valence-corrected chi connectivity index (χ1v) is 26.1. The number of benzene rings is 10. The van der Waals surface area contributed by atoms with E-state index in [0.717, 1.165) is 56.1 Å². The molecule has 0 aliphatic heterocycles. The number of allylic oxidation sites excluding steroid dienone is 4. The molecule has 358 valence electrons. The smallest absolute Gasteiger partial charge is 0.135 e. The van der Waals surface area contributed by atoms with E-state index in [1.54, 1.807) is 0 Å². The topological polar surface area (TPSA) is 22.9 Å². The predicted octanol–water partition coefficient (Wildman–Crippen LogP) is 20.1. The summed E-state index contributed by atoms with van der Waals surface area (Å²) in [6.07, 6.45) is 8.10. The highest BCUT2D eigenvalue weighted by atomic mass is 32.1. The van der Waals surface area contributed by atoms with Gasteiger partial charge in [-0.3, -0.25) is 0 Å². The van der Waals surface area contributed by atoms with Gasteiger partial charge in [-0.15, -0.1) is 11.3 Å². The first-order valence-electron chi connectivity index (χ1n) is 25.3. The van der Waals surface area contributed by atoms with Gasteiger partial charge in [0.15, 0.2) is 0 Å². The van der Waals surface area contributed by atoms with Crippen LogP contribution in [-0.2, 0) is 5.41 Å². The van der Waals surface area contributed by atoms with E-state index in [2.05, 4.69) is 273 Å². The third-order valence-electron chi connectivity index (χ3n) is 14.6. The summed E-state index contributed by atoms with van der Waals surface area (Å²) in [7, 11) is 2.15. The third-order valence-corrected chi connectivity index (χ3v) is 15.7. The fraction of sp³-hybridized carbons (Fsp3) is 0.0725. The van der Waals surface area contributed by atoms with Crippen LogP contribution < -0.4 is 14.7 Å². The fourth-order valence-corrected chi connectivity index (χ4v) is 11.9. The molecule has 0 unspecified atom stereocenters. The third kappa shape index (κ3) is 8.31. The van der Waals surface area contributed by atoms with Crippen molar-refractivity contribution in [3.63, 3.8) is 0 Å². The van der Waals surface area contributed by atoms with Crippen molar-refractivity contribution in [3.05, 3.63) is 272 Å². The zero-order chi connectivity index (χ0) is 50.3. The molecule has 2 aromatic heterocycles. The summed E-state index contributed by atoms with van der Waals surface area (Å²) in [5.74, 6) is 0. The second-order valence-corrected chi connectivity index (χ2v) is 20.5. The van der Waals surface area contributed by atoms with Crippen LogP contribution in [0.1, 0.15) is 31.9 Å². The van der Waals surface area contributed by atoms with Crippen LogP contribution in [0.3, 0.4) is 0 Å². The molecule has 0 fully saturated rings. The van der Waals surface area contributed by atoms with Gasteiger partial charge in [0.05, 0.1) is 0 Å². The lowest BCUT2D eigenvalue weighted by molar-refractivity contribution is 0.660. The molecule has 0 saturated heterocycles. The highest BCUT2D eigenvalue weighted by Gasteiger charge is 2.35. The van der Waals surface area contributed by atoms with Gasteiger partial charge in [0.1, 0.15) is 11.2 Å². The van der Waals surface area contributed by atoms with Crippen molar-refractivity contribution in [2.75, 3.05) is 21.7 Å². The van der Waals surface area contributed by atoms with Crippen molar-refractivity contribution in [1.82, 2.24) is 0 Å². The standard InChI is InChI=1S/C35H26N2S.C34H29NO/c1-36(29-17-16-25-10-8-9-11-26(25)22-29)30-18-20-34-32(23-30)33-24-31(19-21-35(33)38-34)37(27-12-4-2-5-13-27)28-14-6-3-7-15-28;1-5-11-23(12-6-2)35(25-18-20-33-29(22-25)27-14-8-10-16-32(27)36-33)24-17-19-31-28(21-24)26-13-7-9-15-30(26)34(31,3)4/h2-24H,1H3;5-22H,1H2,2-4H3/b;12-6-,23-11+. The lowest BCUT2D eigenvalue weighted by atomic mass is 9.82. The minimum Gasteiger partial charge on any atom is -0.456 e. The predicted molar refractivity (Wildman–Crippen MR) is 319 cm³/mol. The molecule has 13 rings (SSSR count). The maximum atomic E-state index is 6.11. The minimum atomic E-state index is -0.0208. The molecule has 0 spiro atoms. The number of anilines is 7. The zero-order valence-corrected chi connectivity index (χ0v) is 42.9. The summed E-state index contributed by atoms with van der Waals surface area (Å²) in [5, 5.41) is 7.33. The molecule has 1 aliphatic rings. The Labute approximate surface area is 437 Å². The monoisotopic (exact) mass is 973 g/mol. The summed E-state index contributed by atoms with van der Waals surface area (Å²) in [5.41, 5.74) is 16.2. The largest absolute Gasteiger partial charge is 0.456 e.